The number of aromatic hydroxyl groups is 1. The van der Waals surface area contributed by atoms with Crippen LogP contribution in [0.3, 0.4) is 0 Å². The molecule has 1 saturated heterocycles. The molecule has 1 aliphatic heterocycles. The van der Waals surface area contributed by atoms with E-state index >= 15 is 0 Å². The van der Waals surface area contributed by atoms with Crippen LogP contribution in [0.2, 0.25) is 0 Å². The number of thiocarbonyl (C=S) groups is 1. The van der Waals surface area contributed by atoms with Crippen LogP contribution < -0.4 is 10.2 Å². The SMILES string of the molecule is Cc1cc([C@H]2[C@H](c3ccccn3)NC(=S)N2c2ccc(Sc3ccc([N+](=O)[O-])cc3)cc2)c(C)n1-c1ccccc1O. The molecule has 10 heteroatoms. The molecule has 0 bridgehead atoms. The standard InChI is InChI=1S/C32H27N5O3S2/c1-20-19-26(21(2)35(20)28-8-3-4-9-29(28)38)31-30(27-7-5-6-18-33-27)34-32(41)36(31)22-10-14-24(15-11-22)42-25-16-12-23(13-17-25)37(39)40/h3-19,30-31,38H,1-2H3,(H,34,41)/t30-,31-/m0/s1. The largest absolute Gasteiger partial charge is 0.506 e. The first kappa shape index (κ1) is 27.5. The summed E-state index contributed by atoms with van der Waals surface area (Å²) in [4.78, 5) is 19.3. The molecule has 2 atom stereocenters. The van der Waals surface area contributed by atoms with E-state index in [1.54, 1.807) is 24.4 Å². The lowest BCUT2D eigenvalue weighted by Gasteiger charge is -2.28. The average Bonchev–Trinajstić information content (AvgIpc) is 3.49. The fourth-order valence-electron chi connectivity index (χ4n) is 5.51. The third-order valence-corrected chi connectivity index (χ3v) is 8.74. The minimum absolute atomic E-state index is 0.0695. The number of anilines is 1. The Hall–Kier alpha value is -4.67. The molecule has 42 heavy (non-hydrogen) atoms. The quantitative estimate of drug-likeness (QED) is 0.114. The van der Waals surface area contributed by atoms with E-state index in [-0.39, 0.29) is 23.5 Å². The van der Waals surface area contributed by atoms with Gasteiger partial charge in [0.25, 0.3) is 5.69 Å². The van der Waals surface area contributed by atoms with Crippen LogP contribution in [0, 0.1) is 24.0 Å². The smallest absolute Gasteiger partial charge is 0.269 e. The van der Waals surface area contributed by atoms with Crippen molar-refractivity contribution in [3.63, 3.8) is 0 Å². The monoisotopic (exact) mass is 593 g/mol. The van der Waals surface area contributed by atoms with Crippen LogP contribution >= 0.6 is 24.0 Å². The highest BCUT2D eigenvalue weighted by Crippen LogP contribution is 2.44. The number of nitrogens with one attached hydrogen (secondary N) is 1. The number of nitro benzene ring substituents is 1. The van der Waals surface area contributed by atoms with Gasteiger partial charge in [0, 0.05) is 45.2 Å². The minimum atomic E-state index is -0.398. The van der Waals surface area contributed by atoms with Gasteiger partial charge in [0.05, 0.1) is 28.4 Å². The molecule has 2 N–H and O–H groups in total. The number of para-hydroxylation sites is 2. The van der Waals surface area contributed by atoms with Crippen molar-refractivity contribution in [2.24, 2.45) is 0 Å². The van der Waals surface area contributed by atoms with Gasteiger partial charge >= 0.3 is 0 Å². The van der Waals surface area contributed by atoms with Gasteiger partial charge in [-0.1, -0.05) is 30.0 Å². The molecule has 0 unspecified atom stereocenters. The lowest BCUT2D eigenvalue weighted by Crippen LogP contribution is -2.29. The van der Waals surface area contributed by atoms with Crippen molar-refractivity contribution in [1.82, 2.24) is 14.9 Å². The summed E-state index contributed by atoms with van der Waals surface area (Å²) in [6.07, 6.45) is 1.79. The number of aryl methyl sites for hydroxylation is 1. The van der Waals surface area contributed by atoms with Crippen LogP contribution in [-0.4, -0.2) is 24.7 Å². The molecule has 6 rings (SSSR count). The molecular formula is C32H27N5O3S2. The van der Waals surface area contributed by atoms with Crippen molar-refractivity contribution in [3.8, 4) is 11.4 Å². The van der Waals surface area contributed by atoms with E-state index in [1.807, 2.05) is 67.6 Å². The van der Waals surface area contributed by atoms with Crippen molar-refractivity contribution in [2.45, 2.75) is 35.7 Å². The molecule has 210 valence electrons. The maximum absolute atomic E-state index is 11.0. The fraction of sp³-hybridized carbons (Fsp3) is 0.125. The molecule has 2 aromatic heterocycles. The van der Waals surface area contributed by atoms with Gasteiger partial charge in [-0.05, 0) is 98.4 Å². The Labute approximate surface area is 252 Å². The van der Waals surface area contributed by atoms with E-state index in [0.717, 1.165) is 43.8 Å². The lowest BCUT2D eigenvalue weighted by molar-refractivity contribution is -0.384. The molecule has 0 amide bonds. The van der Waals surface area contributed by atoms with Gasteiger partial charge in [0.2, 0.25) is 0 Å². The van der Waals surface area contributed by atoms with E-state index in [2.05, 4.69) is 32.8 Å². The number of non-ortho nitro benzene ring substituents is 1. The zero-order valence-corrected chi connectivity index (χ0v) is 24.5. The highest BCUT2D eigenvalue weighted by molar-refractivity contribution is 7.99. The topological polar surface area (TPSA) is 96.5 Å². The van der Waals surface area contributed by atoms with E-state index in [0.29, 0.717) is 5.11 Å². The number of pyridine rings is 1. The van der Waals surface area contributed by atoms with Crippen molar-refractivity contribution in [3.05, 3.63) is 136 Å². The number of hydrogen-bond donors (Lipinski definition) is 2. The predicted octanol–water partition coefficient (Wildman–Crippen LogP) is 7.43. The first-order valence-electron chi connectivity index (χ1n) is 13.3. The Kier molecular flexibility index (Phi) is 7.40. The number of nitrogens with zero attached hydrogens (tertiary/aromatic N) is 4. The van der Waals surface area contributed by atoms with E-state index in [1.165, 1.54) is 23.9 Å². The molecule has 0 radical (unpaired) electrons. The molecule has 1 aliphatic rings. The molecule has 5 aromatic rings. The summed E-state index contributed by atoms with van der Waals surface area (Å²) < 4.78 is 2.07. The van der Waals surface area contributed by atoms with Crippen LogP contribution in [0.4, 0.5) is 11.4 Å². The van der Waals surface area contributed by atoms with Gasteiger partial charge in [-0.25, -0.2) is 0 Å². The van der Waals surface area contributed by atoms with Crippen molar-refractivity contribution < 1.29 is 10.0 Å². The number of nitro groups is 1. The van der Waals surface area contributed by atoms with E-state index in [4.69, 9.17) is 12.2 Å². The number of aromatic nitrogens is 2. The number of phenols is 1. The van der Waals surface area contributed by atoms with Crippen molar-refractivity contribution in [1.29, 1.82) is 0 Å². The molecule has 1 fully saturated rings. The number of benzene rings is 3. The zero-order chi connectivity index (χ0) is 29.4. The Balaban J connectivity index is 1.38. The Morgan fingerprint density at radius 3 is 2.26 bits per heavy atom. The Morgan fingerprint density at radius 1 is 0.952 bits per heavy atom. The summed E-state index contributed by atoms with van der Waals surface area (Å²) in [7, 11) is 0. The highest BCUT2D eigenvalue weighted by atomic mass is 32.2. The number of hydrogen-bond acceptors (Lipinski definition) is 6. The molecule has 3 aromatic carbocycles. The highest BCUT2D eigenvalue weighted by Gasteiger charge is 2.42. The first-order chi connectivity index (χ1) is 20.3. The maximum Gasteiger partial charge on any atom is 0.269 e. The summed E-state index contributed by atoms with van der Waals surface area (Å²) in [6, 6.07) is 29.6. The molecule has 3 heterocycles. The third-order valence-electron chi connectivity index (χ3n) is 7.41. The Bertz CT molecular complexity index is 1770. The number of phenolic OH excluding ortho intramolecular Hbond substituents is 1. The summed E-state index contributed by atoms with van der Waals surface area (Å²) in [5, 5.41) is 25.8. The second-order valence-corrected chi connectivity index (χ2v) is 11.5. The maximum atomic E-state index is 11.0. The zero-order valence-electron chi connectivity index (χ0n) is 22.8. The van der Waals surface area contributed by atoms with Crippen LogP contribution in [0.5, 0.6) is 5.75 Å². The molecule has 0 aliphatic carbocycles. The number of rotatable bonds is 7. The van der Waals surface area contributed by atoms with Gasteiger partial charge in [-0.15, -0.1) is 0 Å². The summed E-state index contributed by atoms with van der Waals surface area (Å²) in [5.41, 5.74) is 5.67. The lowest BCUT2D eigenvalue weighted by atomic mass is 9.96. The Morgan fingerprint density at radius 2 is 1.62 bits per heavy atom. The first-order valence-corrected chi connectivity index (χ1v) is 14.5. The van der Waals surface area contributed by atoms with E-state index in [9.17, 15) is 15.2 Å². The summed E-state index contributed by atoms with van der Waals surface area (Å²) in [5.74, 6) is 0.213. The van der Waals surface area contributed by atoms with Gasteiger partial charge in [-0.3, -0.25) is 15.1 Å². The van der Waals surface area contributed by atoms with Crippen molar-refractivity contribution in [2.75, 3.05) is 4.90 Å². The summed E-state index contributed by atoms with van der Waals surface area (Å²) >= 11 is 7.46. The average molecular weight is 594 g/mol. The minimum Gasteiger partial charge on any atom is -0.506 e. The molecule has 8 nitrogen and oxygen atoms in total. The normalized spacial score (nSPS) is 16.4. The molecule has 0 saturated carbocycles. The second kappa shape index (κ2) is 11.3. The van der Waals surface area contributed by atoms with Crippen molar-refractivity contribution >= 4 is 40.5 Å². The summed E-state index contributed by atoms with van der Waals surface area (Å²) in [6.45, 7) is 4.10. The predicted molar refractivity (Wildman–Crippen MR) is 169 cm³/mol. The van der Waals surface area contributed by atoms with Crippen LogP contribution in [0.15, 0.2) is 113 Å². The third kappa shape index (κ3) is 5.10. The molecule has 0 spiro atoms. The van der Waals surface area contributed by atoms with Crippen LogP contribution in [0.25, 0.3) is 5.69 Å². The van der Waals surface area contributed by atoms with Gasteiger partial charge in [0.1, 0.15) is 5.75 Å². The van der Waals surface area contributed by atoms with Crippen LogP contribution in [0.1, 0.15) is 34.7 Å². The van der Waals surface area contributed by atoms with Crippen LogP contribution in [-0.2, 0) is 0 Å². The van der Waals surface area contributed by atoms with Gasteiger partial charge in [-0.2, -0.15) is 0 Å². The van der Waals surface area contributed by atoms with Gasteiger partial charge in [0.15, 0.2) is 5.11 Å². The van der Waals surface area contributed by atoms with E-state index < -0.39 is 4.92 Å². The second-order valence-electron chi connectivity index (χ2n) is 9.99. The fourth-order valence-corrected chi connectivity index (χ4v) is 6.67. The van der Waals surface area contributed by atoms with Gasteiger partial charge < -0.3 is 19.9 Å². The molecular weight excluding hydrogens is 567 g/mol.